The largest absolute Gasteiger partial charge is 0.454 e. The highest BCUT2D eigenvalue weighted by Gasteiger charge is 2.39. The van der Waals surface area contributed by atoms with Gasteiger partial charge in [-0.15, -0.1) is 0 Å². The number of benzene rings is 2. The van der Waals surface area contributed by atoms with Crippen LogP contribution in [0.4, 0.5) is 0 Å². The van der Waals surface area contributed by atoms with Gasteiger partial charge in [-0.05, 0) is 74.8 Å². The van der Waals surface area contributed by atoms with E-state index in [1.165, 1.54) is 31.4 Å². The highest BCUT2D eigenvalue weighted by molar-refractivity contribution is 5.46. The van der Waals surface area contributed by atoms with E-state index in [0.29, 0.717) is 12.1 Å². The van der Waals surface area contributed by atoms with Crippen molar-refractivity contribution in [3.05, 3.63) is 59.7 Å². The van der Waals surface area contributed by atoms with Gasteiger partial charge in [-0.3, -0.25) is 4.90 Å². The minimum Gasteiger partial charge on any atom is -0.454 e. The van der Waals surface area contributed by atoms with Crippen LogP contribution in [0.2, 0.25) is 0 Å². The molecular weight excluding hydrogens is 362 g/mol. The van der Waals surface area contributed by atoms with Crippen molar-refractivity contribution in [2.45, 2.75) is 69.1 Å². The van der Waals surface area contributed by atoms with Crippen LogP contribution in [0.1, 0.15) is 56.1 Å². The van der Waals surface area contributed by atoms with Gasteiger partial charge in [0.1, 0.15) is 0 Å². The summed E-state index contributed by atoms with van der Waals surface area (Å²) in [6, 6.07) is 18.0. The van der Waals surface area contributed by atoms with Crippen LogP contribution in [0.25, 0.3) is 0 Å². The van der Waals surface area contributed by atoms with Crippen molar-refractivity contribution >= 4 is 0 Å². The van der Waals surface area contributed by atoms with Gasteiger partial charge in [0, 0.05) is 12.1 Å². The summed E-state index contributed by atoms with van der Waals surface area (Å²) >= 11 is 0. The standard InChI is InChI=1S/C25H31NO3/c27-25(20-9-10-23-24(17-20)29-18-28-23)13-11-21(12-14-25)26-15-5-4-8-22(26)16-19-6-2-1-3-7-19/h1-3,6-7,9-10,17,21-22,27H,4-5,8,11-16,18H2. The van der Waals surface area contributed by atoms with E-state index in [-0.39, 0.29) is 6.79 Å². The second kappa shape index (κ2) is 8.00. The normalized spacial score (nSPS) is 29.7. The van der Waals surface area contributed by atoms with E-state index >= 15 is 0 Å². The van der Waals surface area contributed by atoms with Crippen molar-refractivity contribution in [2.75, 3.05) is 13.3 Å². The van der Waals surface area contributed by atoms with Gasteiger partial charge in [0.2, 0.25) is 6.79 Å². The van der Waals surface area contributed by atoms with Crippen molar-refractivity contribution in [1.82, 2.24) is 4.90 Å². The van der Waals surface area contributed by atoms with Gasteiger partial charge in [-0.25, -0.2) is 0 Å². The topological polar surface area (TPSA) is 41.9 Å². The molecule has 1 saturated carbocycles. The van der Waals surface area contributed by atoms with Crippen molar-refractivity contribution < 1.29 is 14.6 Å². The first-order valence-corrected chi connectivity index (χ1v) is 11.1. The summed E-state index contributed by atoms with van der Waals surface area (Å²) in [5, 5.41) is 11.4. The van der Waals surface area contributed by atoms with Crippen molar-refractivity contribution in [3.63, 3.8) is 0 Å². The number of ether oxygens (including phenoxy) is 2. The summed E-state index contributed by atoms with van der Waals surface area (Å²) < 4.78 is 10.9. The molecule has 3 aliphatic rings. The Labute approximate surface area is 173 Å². The number of aliphatic hydroxyl groups is 1. The number of hydrogen-bond donors (Lipinski definition) is 1. The fourth-order valence-corrected chi connectivity index (χ4v) is 5.50. The second-order valence-electron chi connectivity index (χ2n) is 8.91. The molecule has 5 rings (SSSR count). The van der Waals surface area contributed by atoms with Crippen molar-refractivity contribution in [1.29, 1.82) is 0 Å². The van der Waals surface area contributed by atoms with Crippen LogP contribution in [0.3, 0.4) is 0 Å². The van der Waals surface area contributed by atoms with Crippen LogP contribution >= 0.6 is 0 Å². The van der Waals surface area contributed by atoms with Crippen molar-refractivity contribution in [2.24, 2.45) is 0 Å². The van der Waals surface area contributed by atoms with E-state index < -0.39 is 5.60 Å². The lowest BCUT2D eigenvalue weighted by Crippen LogP contribution is -2.50. The SMILES string of the molecule is OC1(c2ccc3c(c2)OCO3)CCC(N2CCCCC2Cc2ccccc2)CC1. The van der Waals surface area contributed by atoms with Crippen molar-refractivity contribution in [3.8, 4) is 11.5 Å². The molecule has 2 aromatic rings. The molecule has 1 saturated heterocycles. The van der Waals surface area contributed by atoms with E-state index in [1.807, 2.05) is 18.2 Å². The molecule has 0 aromatic heterocycles. The first kappa shape index (κ1) is 19.0. The third-order valence-electron chi connectivity index (χ3n) is 7.15. The van der Waals surface area contributed by atoms with Gasteiger partial charge in [0.25, 0.3) is 0 Å². The van der Waals surface area contributed by atoms with E-state index in [2.05, 4.69) is 35.2 Å². The zero-order chi connectivity index (χ0) is 19.7. The summed E-state index contributed by atoms with van der Waals surface area (Å²) in [5.74, 6) is 1.54. The Bertz CT molecular complexity index is 829. The zero-order valence-corrected chi connectivity index (χ0v) is 17.1. The number of rotatable bonds is 4. The minimum absolute atomic E-state index is 0.275. The van der Waals surface area contributed by atoms with Gasteiger partial charge >= 0.3 is 0 Å². The monoisotopic (exact) mass is 393 g/mol. The lowest BCUT2D eigenvalue weighted by molar-refractivity contribution is -0.0366. The number of fused-ring (bicyclic) bond motifs is 1. The molecule has 154 valence electrons. The van der Waals surface area contributed by atoms with Gasteiger partial charge in [0.05, 0.1) is 5.60 Å². The number of hydrogen-bond acceptors (Lipinski definition) is 4. The Morgan fingerprint density at radius 3 is 2.55 bits per heavy atom. The molecule has 0 bridgehead atoms. The molecular formula is C25H31NO3. The van der Waals surface area contributed by atoms with E-state index in [9.17, 15) is 5.11 Å². The molecule has 29 heavy (non-hydrogen) atoms. The molecule has 2 heterocycles. The Kier molecular flexibility index (Phi) is 5.23. The lowest BCUT2D eigenvalue weighted by atomic mass is 9.76. The van der Waals surface area contributed by atoms with Crippen LogP contribution in [-0.2, 0) is 12.0 Å². The third kappa shape index (κ3) is 3.88. The van der Waals surface area contributed by atoms with Crippen LogP contribution in [0.5, 0.6) is 11.5 Å². The fourth-order valence-electron chi connectivity index (χ4n) is 5.50. The zero-order valence-electron chi connectivity index (χ0n) is 17.1. The molecule has 4 nitrogen and oxygen atoms in total. The number of nitrogens with zero attached hydrogens (tertiary/aromatic N) is 1. The Morgan fingerprint density at radius 1 is 0.931 bits per heavy atom. The molecule has 1 N–H and O–H groups in total. The first-order valence-electron chi connectivity index (χ1n) is 11.1. The maximum Gasteiger partial charge on any atom is 0.231 e. The van der Waals surface area contributed by atoms with Crippen LogP contribution in [0, 0.1) is 0 Å². The molecule has 1 atom stereocenters. The average molecular weight is 394 g/mol. The maximum absolute atomic E-state index is 11.4. The highest BCUT2D eigenvalue weighted by atomic mass is 16.7. The Morgan fingerprint density at radius 2 is 1.72 bits per heavy atom. The quantitative estimate of drug-likeness (QED) is 0.822. The second-order valence-corrected chi connectivity index (χ2v) is 8.91. The molecule has 2 aromatic carbocycles. The van der Waals surface area contributed by atoms with Gasteiger partial charge in [0.15, 0.2) is 11.5 Å². The third-order valence-corrected chi connectivity index (χ3v) is 7.15. The van der Waals surface area contributed by atoms with E-state index in [1.54, 1.807) is 0 Å². The molecule has 2 aliphatic heterocycles. The van der Waals surface area contributed by atoms with Gasteiger partial charge in [-0.2, -0.15) is 0 Å². The predicted molar refractivity (Wildman–Crippen MR) is 113 cm³/mol. The average Bonchev–Trinajstić information content (AvgIpc) is 3.24. The molecule has 2 fully saturated rings. The smallest absolute Gasteiger partial charge is 0.231 e. The molecule has 4 heteroatoms. The molecule has 0 spiro atoms. The summed E-state index contributed by atoms with van der Waals surface area (Å²) in [5.41, 5.74) is 1.67. The predicted octanol–water partition coefficient (Wildman–Crippen LogP) is 4.64. The maximum atomic E-state index is 11.4. The summed E-state index contributed by atoms with van der Waals surface area (Å²) in [4.78, 5) is 2.76. The molecule has 0 radical (unpaired) electrons. The van der Waals surface area contributed by atoms with Crippen LogP contribution < -0.4 is 9.47 Å². The Balaban J connectivity index is 1.26. The van der Waals surface area contributed by atoms with Gasteiger partial charge in [-0.1, -0.05) is 42.8 Å². The lowest BCUT2D eigenvalue weighted by Gasteiger charge is -2.46. The summed E-state index contributed by atoms with van der Waals surface area (Å²) in [6.45, 7) is 1.47. The number of piperidine rings is 1. The van der Waals surface area contributed by atoms with Gasteiger partial charge < -0.3 is 14.6 Å². The summed E-state index contributed by atoms with van der Waals surface area (Å²) in [6.07, 6.45) is 8.79. The highest BCUT2D eigenvalue weighted by Crippen LogP contribution is 2.43. The van der Waals surface area contributed by atoms with E-state index in [0.717, 1.165) is 49.2 Å². The van der Waals surface area contributed by atoms with Crippen LogP contribution in [-0.4, -0.2) is 35.4 Å². The first-order chi connectivity index (χ1) is 14.2. The summed E-state index contributed by atoms with van der Waals surface area (Å²) in [7, 11) is 0. The number of likely N-dealkylation sites (tertiary alicyclic amines) is 1. The fraction of sp³-hybridized carbons (Fsp3) is 0.520. The molecule has 1 unspecified atom stereocenters. The molecule has 1 aliphatic carbocycles. The van der Waals surface area contributed by atoms with E-state index in [4.69, 9.17) is 9.47 Å². The molecule has 0 amide bonds. The van der Waals surface area contributed by atoms with Crippen LogP contribution in [0.15, 0.2) is 48.5 Å². The Hall–Kier alpha value is -2.04. The minimum atomic E-state index is -0.748.